The Morgan fingerprint density at radius 3 is 0.898 bits per heavy atom. The number of aliphatic hydroxyl groups is 2. The molecule has 0 saturated heterocycles. The molecule has 6 nitrogen and oxygen atoms in total. The zero-order valence-corrected chi connectivity index (χ0v) is 59.7. The molecule has 0 rings (SSSR count). The number of esters is 1. The van der Waals surface area contributed by atoms with Crippen molar-refractivity contribution < 1.29 is 24.5 Å². The predicted octanol–water partition coefficient (Wildman–Crippen LogP) is 26.6. The molecular weight excluding hydrogens is 1080 g/mol. The Morgan fingerprint density at radius 1 is 0.318 bits per heavy atom. The normalized spacial score (nSPS) is 12.6. The van der Waals surface area contributed by atoms with Gasteiger partial charge in [0, 0.05) is 12.8 Å². The van der Waals surface area contributed by atoms with E-state index < -0.39 is 12.1 Å². The van der Waals surface area contributed by atoms with Crippen LogP contribution in [0.25, 0.3) is 0 Å². The monoisotopic (exact) mass is 1240 g/mol. The van der Waals surface area contributed by atoms with Crippen LogP contribution in [0.3, 0.4) is 0 Å². The highest BCUT2D eigenvalue weighted by atomic mass is 16.5. The number of rotatable bonds is 76. The summed E-state index contributed by atoms with van der Waals surface area (Å²) in [6, 6.07) is -0.624. The summed E-state index contributed by atoms with van der Waals surface area (Å²) in [6.45, 7) is 4.91. The van der Waals surface area contributed by atoms with Crippen LogP contribution in [0.15, 0.2) is 36.5 Å². The van der Waals surface area contributed by atoms with E-state index in [9.17, 15) is 19.8 Å². The van der Waals surface area contributed by atoms with Gasteiger partial charge in [-0.15, -0.1) is 0 Å². The van der Waals surface area contributed by atoms with Gasteiger partial charge in [0.1, 0.15) is 0 Å². The number of nitrogens with one attached hydrogen (secondary N) is 1. The summed E-state index contributed by atoms with van der Waals surface area (Å²) in [6.07, 6.45) is 101. The topological polar surface area (TPSA) is 95.9 Å². The number of amides is 1. The molecule has 6 heteroatoms. The molecule has 1 amide bonds. The van der Waals surface area contributed by atoms with E-state index in [-0.39, 0.29) is 18.5 Å². The van der Waals surface area contributed by atoms with E-state index in [1.54, 1.807) is 6.08 Å². The summed E-state index contributed by atoms with van der Waals surface area (Å²) in [4.78, 5) is 24.6. The van der Waals surface area contributed by atoms with Crippen LogP contribution in [-0.2, 0) is 14.3 Å². The number of ether oxygens (including phenoxy) is 1. The van der Waals surface area contributed by atoms with Crippen LogP contribution in [0, 0.1) is 0 Å². The summed E-state index contributed by atoms with van der Waals surface area (Å²) in [5.41, 5.74) is 0. The van der Waals surface area contributed by atoms with Gasteiger partial charge in [0.15, 0.2) is 0 Å². The van der Waals surface area contributed by atoms with Gasteiger partial charge in [0.25, 0.3) is 0 Å². The van der Waals surface area contributed by atoms with Gasteiger partial charge in [-0.05, 0) is 57.8 Å². The molecule has 2 atom stereocenters. The summed E-state index contributed by atoms with van der Waals surface area (Å²) in [5, 5.41) is 23.3. The van der Waals surface area contributed by atoms with Gasteiger partial charge in [0.05, 0.1) is 25.4 Å². The Morgan fingerprint density at radius 2 is 0.580 bits per heavy atom. The standard InChI is InChI=1S/C82H157NO5/c1-3-5-7-9-11-13-15-17-19-20-21-41-44-47-50-54-58-62-66-70-74-80(85)79(78-84)83-81(86)75-71-67-63-59-55-51-48-45-42-39-37-35-33-31-29-27-25-23-22-24-26-28-30-32-34-36-38-40-43-46-49-53-57-61-65-69-73-77-88-82(87)76-72-68-64-60-56-52-18-16-14-12-10-8-6-4-2/h10,12,16,18,70,74,79-80,84-85H,3-9,11,13-15,17,19-69,71-73,75-78H2,1-2H3,(H,83,86)/b12-10-,18-16-,74-70+. The van der Waals surface area contributed by atoms with Crippen molar-refractivity contribution in [1.29, 1.82) is 0 Å². The zero-order chi connectivity index (χ0) is 63.5. The van der Waals surface area contributed by atoms with E-state index in [0.29, 0.717) is 19.4 Å². The third-order valence-electron chi connectivity index (χ3n) is 18.9. The fourth-order valence-electron chi connectivity index (χ4n) is 12.8. The minimum absolute atomic E-state index is 0.00905. The van der Waals surface area contributed by atoms with Crippen LogP contribution in [0.1, 0.15) is 450 Å². The van der Waals surface area contributed by atoms with Crippen LogP contribution in [0.4, 0.5) is 0 Å². The second-order valence-electron chi connectivity index (χ2n) is 27.8. The molecule has 0 radical (unpaired) electrons. The SMILES string of the molecule is CCCC/C=C\C/C=C\CCCCCCCC(=O)OCCCCCCCCCCCCCCCCCCCCCCCCCCCCCCCCCCCCCCCC(=O)NC(CO)C(O)/C=C/CCCCCCCCCCCCCCCCCCCC. The van der Waals surface area contributed by atoms with Crippen molar-refractivity contribution in [3.8, 4) is 0 Å². The third-order valence-corrected chi connectivity index (χ3v) is 18.9. The van der Waals surface area contributed by atoms with Crippen LogP contribution >= 0.6 is 0 Å². The van der Waals surface area contributed by atoms with Crippen LogP contribution in [0.5, 0.6) is 0 Å². The van der Waals surface area contributed by atoms with Gasteiger partial charge in [-0.2, -0.15) is 0 Å². The molecule has 0 aliphatic rings. The molecule has 0 spiro atoms. The van der Waals surface area contributed by atoms with Gasteiger partial charge in [-0.3, -0.25) is 9.59 Å². The molecule has 0 aliphatic heterocycles. The lowest BCUT2D eigenvalue weighted by Gasteiger charge is -2.20. The Balaban J connectivity index is 3.33. The van der Waals surface area contributed by atoms with Gasteiger partial charge in [-0.1, -0.05) is 416 Å². The molecule has 3 N–H and O–H groups in total. The Kier molecular flexibility index (Phi) is 75.8. The number of aliphatic hydroxyl groups excluding tert-OH is 2. The molecule has 0 aliphatic carbocycles. The predicted molar refractivity (Wildman–Crippen MR) is 389 cm³/mol. The molecule has 0 aromatic heterocycles. The van der Waals surface area contributed by atoms with Crippen molar-refractivity contribution in [1.82, 2.24) is 5.32 Å². The Labute approximate surface area is 551 Å². The number of hydrogen-bond donors (Lipinski definition) is 3. The summed E-state index contributed by atoms with van der Waals surface area (Å²) >= 11 is 0. The highest BCUT2D eigenvalue weighted by Crippen LogP contribution is 2.20. The fraction of sp³-hybridized carbons (Fsp3) is 0.902. The van der Waals surface area contributed by atoms with E-state index in [2.05, 4.69) is 43.5 Å². The van der Waals surface area contributed by atoms with Gasteiger partial charge >= 0.3 is 5.97 Å². The van der Waals surface area contributed by atoms with Crippen molar-refractivity contribution in [2.45, 2.75) is 463 Å². The van der Waals surface area contributed by atoms with Crippen molar-refractivity contribution in [3.63, 3.8) is 0 Å². The van der Waals surface area contributed by atoms with Crippen molar-refractivity contribution in [3.05, 3.63) is 36.5 Å². The summed E-state index contributed by atoms with van der Waals surface area (Å²) < 4.78 is 5.49. The highest BCUT2D eigenvalue weighted by molar-refractivity contribution is 5.76. The maximum Gasteiger partial charge on any atom is 0.305 e. The molecule has 0 heterocycles. The lowest BCUT2D eigenvalue weighted by molar-refractivity contribution is -0.143. The van der Waals surface area contributed by atoms with Gasteiger partial charge in [-0.25, -0.2) is 0 Å². The maximum atomic E-state index is 12.5. The minimum Gasteiger partial charge on any atom is -0.466 e. The summed E-state index contributed by atoms with van der Waals surface area (Å²) in [7, 11) is 0. The van der Waals surface area contributed by atoms with Crippen molar-refractivity contribution in [2.24, 2.45) is 0 Å². The van der Waals surface area contributed by atoms with Crippen molar-refractivity contribution in [2.75, 3.05) is 13.2 Å². The first kappa shape index (κ1) is 86.1. The maximum absolute atomic E-state index is 12.5. The lowest BCUT2D eigenvalue weighted by Crippen LogP contribution is -2.45. The van der Waals surface area contributed by atoms with E-state index in [1.165, 1.54) is 372 Å². The van der Waals surface area contributed by atoms with E-state index in [4.69, 9.17) is 4.74 Å². The zero-order valence-electron chi connectivity index (χ0n) is 59.7. The summed E-state index contributed by atoms with van der Waals surface area (Å²) in [5.74, 6) is -0.0488. The Bertz CT molecular complexity index is 1430. The first-order valence-corrected chi connectivity index (χ1v) is 40.3. The smallest absolute Gasteiger partial charge is 0.305 e. The molecule has 0 fully saturated rings. The quantitative estimate of drug-likeness (QED) is 0.0320. The number of unbranched alkanes of at least 4 members (excludes halogenated alkanes) is 61. The van der Waals surface area contributed by atoms with Crippen LogP contribution in [-0.4, -0.2) is 47.4 Å². The van der Waals surface area contributed by atoms with E-state index >= 15 is 0 Å². The molecule has 88 heavy (non-hydrogen) atoms. The van der Waals surface area contributed by atoms with E-state index in [1.807, 2.05) is 6.08 Å². The molecule has 0 saturated carbocycles. The Hall–Kier alpha value is -1.92. The molecule has 520 valence electrons. The minimum atomic E-state index is -0.841. The molecule has 2 unspecified atom stereocenters. The molecular formula is C82H157NO5. The first-order valence-electron chi connectivity index (χ1n) is 40.3. The van der Waals surface area contributed by atoms with Crippen LogP contribution < -0.4 is 5.32 Å². The van der Waals surface area contributed by atoms with Crippen LogP contribution in [0.2, 0.25) is 0 Å². The molecule has 0 bridgehead atoms. The second-order valence-corrected chi connectivity index (χ2v) is 27.8. The van der Waals surface area contributed by atoms with E-state index in [0.717, 1.165) is 51.4 Å². The average molecular weight is 1240 g/mol. The number of carbonyl (C=O) groups excluding carboxylic acids is 2. The third kappa shape index (κ3) is 73.1. The highest BCUT2D eigenvalue weighted by Gasteiger charge is 2.18. The number of allylic oxidation sites excluding steroid dienone is 5. The lowest BCUT2D eigenvalue weighted by atomic mass is 10.0. The first-order chi connectivity index (χ1) is 43.5. The largest absolute Gasteiger partial charge is 0.466 e. The average Bonchev–Trinajstić information content (AvgIpc) is 3.58. The number of hydrogen-bond acceptors (Lipinski definition) is 5. The number of carbonyl (C=O) groups is 2. The second kappa shape index (κ2) is 77.5. The molecule has 0 aromatic rings. The van der Waals surface area contributed by atoms with Crippen molar-refractivity contribution >= 4 is 11.9 Å². The van der Waals surface area contributed by atoms with Gasteiger partial charge < -0.3 is 20.3 Å². The molecule has 0 aromatic carbocycles. The van der Waals surface area contributed by atoms with Gasteiger partial charge in [0.2, 0.25) is 5.91 Å². The fourth-order valence-corrected chi connectivity index (χ4v) is 12.8.